The number of carbonyl (C=O) groups excluding carboxylic acids is 2. The summed E-state index contributed by atoms with van der Waals surface area (Å²) in [4.78, 5) is 27.4. The molecule has 11 nitrogen and oxygen atoms in total. The molecular formula is C26H28F3N3O8S3. The van der Waals surface area contributed by atoms with E-state index in [4.69, 9.17) is 0 Å². The van der Waals surface area contributed by atoms with Gasteiger partial charge in [0, 0.05) is 32.7 Å². The third-order valence-electron chi connectivity index (χ3n) is 7.03. The molecular weight excluding hydrogens is 635 g/mol. The van der Waals surface area contributed by atoms with Crippen molar-refractivity contribution in [1.29, 1.82) is 0 Å². The lowest BCUT2D eigenvalue weighted by molar-refractivity contribution is 0.0763. The molecule has 234 valence electrons. The van der Waals surface area contributed by atoms with E-state index in [0.29, 0.717) is 0 Å². The number of para-hydroxylation sites is 1. The molecule has 4 rings (SSSR count). The second-order valence-electron chi connectivity index (χ2n) is 9.88. The fourth-order valence-electron chi connectivity index (χ4n) is 4.57. The summed E-state index contributed by atoms with van der Waals surface area (Å²) in [6, 6.07) is 10.2. The van der Waals surface area contributed by atoms with Gasteiger partial charge in [0.15, 0.2) is 25.5 Å². The largest absolute Gasteiger partial charge is 0.400 e. The first-order valence-electron chi connectivity index (χ1n) is 13.0. The van der Waals surface area contributed by atoms with Crippen LogP contribution in [0.1, 0.15) is 20.7 Å². The standard InChI is InChI=1S/C26H28F3N3O8S3/c27-23(26(28,29)43(39,40)22-8-4-3-7-21(22)31-11-15-41(35,36)16-12-31)9-10-30-24(33)19-5-1-2-6-20(19)25(34)32-13-17-42(37,38)18-14-32/h1-9H,10-18H2,(H,30,33)/b23-9-. The number of hydrogen-bond acceptors (Lipinski definition) is 9. The summed E-state index contributed by atoms with van der Waals surface area (Å²) in [5.41, 5.74) is -0.448. The molecule has 43 heavy (non-hydrogen) atoms. The Hall–Kier alpha value is -3.44. The van der Waals surface area contributed by atoms with E-state index in [-0.39, 0.29) is 72.1 Å². The van der Waals surface area contributed by atoms with Gasteiger partial charge in [-0.25, -0.2) is 29.6 Å². The number of benzene rings is 2. The maximum atomic E-state index is 15.1. The topological polar surface area (TPSA) is 155 Å². The predicted molar refractivity (Wildman–Crippen MR) is 152 cm³/mol. The molecule has 0 spiro atoms. The molecule has 17 heteroatoms. The molecule has 0 aliphatic carbocycles. The van der Waals surface area contributed by atoms with E-state index < -0.39 is 63.8 Å². The molecule has 2 aromatic rings. The van der Waals surface area contributed by atoms with Crippen molar-refractivity contribution >= 4 is 47.0 Å². The maximum absolute atomic E-state index is 15.1. The van der Waals surface area contributed by atoms with Crippen LogP contribution in [0.15, 0.2) is 65.3 Å². The molecule has 2 aliphatic heterocycles. The van der Waals surface area contributed by atoms with Gasteiger partial charge in [0.05, 0.1) is 44.7 Å². The zero-order chi connectivity index (χ0) is 31.6. The van der Waals surface area contributed by atoms with Crippen molar-refractivity contribution < 1.29 is 48.0 Å². The van der Waals surface area contributed by atoms with Crippen LogP contribution in [0.2, 0.25) is 0 Å². The zero-order valence-corrected chi connectivity index (χ0v) is 25.0. The van der Waals surface area contributed by atoms with E-state index in [1.54, 1.807) is 0 Å². The van der Waals surface area contributed by atoms with Crippen molar-refractivity contribution in [3.63, 3.8) is 0 Å². The Labute approximate surface area is 247 Å². The highest BCUT2D eigenvalue weighted by atomic mass is 32.2. The number of halogens is 3. The van der Waals surface area contributed by atoms with Gasteiger partial charge in [0.1, 0.15) is 0 Å². The molecule has 2 amide bonds. The van der Waals surface area contributed by atoms with Crippen molar-refractivity contribution in [1.82, 2.24) is 10.2 Å². The van der Waals surface area contributed by atoms with Crippen LogP contribution in [0.5, 0.6) is 0 Å². The van der Waals surface area contributed by atoms with Crippen molar-refractivity contribution in [2.75, 3.05) is 60.6 Å². The van der Waals surface area contributed by atoms with E-state index in [2.05, 4.69) is 5.32 Å². The van der Waals surface area contributed by atoms with Crippen molar-refractivity contribution in [3.8, 4) is 0 Å². The van der Waals surface area contributed by atoms with Gasteiger partial charge in [-0.3, -0.25) is 9.59 Å². The lowest BCUT2D eigenvalue weighted by Crippen LogP contribution is -2.44. The van der Waals surface area contributed by atoms with Crippen LogP contribution in [-0.2, 0) is 29.5 Å². The highest BCUT2D eigenvalue weighted by molar-refractivity contribution is 7.93. The van der Waals surface area contributed by atoms with Crippen molar-refractivity contribution in [2.45, 2.75) is 10.2 Å². The summed E-state index contributed by atoms with van der Waals surface area (Å²) < 4.78 is 118. The first-order chi connectivity index (χ1) is 20.1. The van der Waals surface area contributed by atoms with E-state index in [0.717, 1.165) is 6.07 Å². The van der Waals surface area contributed by atoms with Gasteiger partial charge in [-0.1, -0.05) is 24.3 Å². The maximum Gasteiger partial charge on any atom is 0.400 e. The summed E-state index contributed by atoms with van der Waals surface area (Å²) in [5.74, 6) is -4.99. The Morgan fingerprint density at radius 2 is 1.35 bits per heavy atom. The lowest BCUT2D eigenvalue weighted by Gasteiger charge is -2.30. The Balaban J connectivity index is 1.48. The summed E-state index contributed by atoms with van der Waals surface area (Å²) in [6.45, 7) is -1.27. The molecule has 0 atom stereocenters. The minimum atomic E-state index is -5.66. The smallest absolute Gasteiger partial charge is 0.368 e. The second-order valence-corrected chi connectivity index (χ2v) is 16.4. The molecule has 2 fully saturated rings. The number of nitrogens with zero attached hydrogens (tertiary/aromatic N) is 2. The van der Waals surface area contributed by atoms with E-state index in [9.17, 15) is 39.2 Å². The van der Waals surface area contributed by atoms with Crippen LogP contribution in [0.3, 0.4) is 0 Å². The molecule has 2 aromatic carbocycles. The minimum Gasteiger partial charge on any atom is -0.368 e. The van der Waals surface area contributed by atoms with Gasteiger partial charge in [-0.15, -0.1) is 0 Å². The molecule has 2 heterocycles. The highest BCUT2D eigenvalue weighted by Crippen LogP contribution is 2.40. The first-order valence-corrected chi connectivity index (χ1v) is 18.1. The third kappa shape index (κ3) is 7.04. The number of alkyl halides is 2. The summed E-state index contributed by atoms with van der Waals surface area (Å²) in [7, 11) is -12.3. The molecule has 2 saturated heterocycles. The first kappa shape index (κ1) is 32.5. The van der Waals surface area contributed by atoms with E-state index >= 15 is 8.78 Å². The van der Waals surface area contributed by atoms with Crippen LogP contribution in [0, 0.1) is 0 Å². The fourth-order valence-corrected chi connectivity index (χ4v) is 8.32. The van der Waals surface area contributed by atoms with Gasteiger partial charge in [-0.2, -0.15) is 8.78 Å². The van der Waals surface area contributed by atoms with Crippen LogP contribution in [-0.4, -0.2) is 103 Å². The van der Waals surface area contributed by atoms with Crippen LogP contribution < -0.4 is 10.2 Å². The van der Waals surface area contributed by atoms with E-state index in [1.807, 2.05) is 0 Å². The molecule has 0 unspecified atom stereocenters. The average Bonchev–Trinajstić information content (AvgIpc) is 2.96. The summed E-state index contributed by atoms with van der Waals surface area (Å²) >= 11 is 0. The average molecular weight is 664 g/mol. The Kier molecular flexibility index (Phi) is 9.27. The number of carbonyl (C=O) groups is 2. The Morgan fingerprint density at radius 3 is 1.95 bits per heavy atom. The number of amides is 2. The number of anilines is 1. The molecule has 2 aliphatic rings. The monoisotopic (exact) mass is 663 g/mol. The predicted octanol–water partition coefficient (Wildman–Crippen LogP) is 1.44. The SMILES string of the molecule is O=C(NC/C=C(\F)C(F)(F)S(=O)(=O)c1ccccc1N1CCS(=O)(=O)CC1)c1ccccc1C(=O)N1CCS(=O)(=O)CC1. The molecule has 0 bridgehead atoms. The van der Waals surface area contributed by atoms with Crippen LogP contribution in [0.25, 0.3) is 0 Å². The second kappa shape index (κ2) is 12.3. The number of sulfone groups is 3. The van der Waals surface area contributed by atoms with Crippen LogP contribution >= 0.6 is 0 Å². The van der Waals surface area contributed by atoms with Gasteiger partial charge in [0.2, 0.25) is 0 Å². The summed E-state index contributed by atoms with van der Waals surface area (Å²) in [6.07, 6.45) is 0.200. The Bertz CT molecular complexity index is 1750. The quantitative estimate of drug-likeness (QED) is 0.442. The molecule has 0 aromatic heterocycles. The van der Waals surface area contributed by atoms with Crippen molar-refractivity contribution in [3.05, 3.63) is 71.6 Å². The zero-order valence-electron chi connectivity index (χ0n) is 22.6. The minimum absolute atomic E-state index is 0.0748. The third-order valence-corrected chi connectivity index (χ3v) is 12.0. The lowest BCUT2D eigenvalue weighted by atomic mass is 10.1. The van der Waals surface area contributed by atoms with Crippen molar-refractivity contribution in [2.24, 2.45) is 0 Å². The van der Waals surface area contributed by atoms with Gasteiger partial charge < -0.3 is 15.1 Å². The van der Waals surface area contributed by atoms with Gasteiger partial charge >= 0.3 is 5.25 Å². The molecule has 1 N–H and O–H groups in total. The number of rotatable bonds is 8. The normalized spacial score (nSPS) is 19.1. The number of hydrogen-bond donors (Lipinski definition) is 1. The fraction of sp³-hybridized carbons (Fsp3) is 0.385. The molecule has 0 radical (unpaired) electrons. The van der Waals surface area contributed by atoms with E-state index in [1.165, 1.54) is 52.3 Å². The van der Waals surface area contributed by atoms with Gasteiger partial charge in [-0.05, 0) is 30.3 Å². The molecule has 0 saturated carbocycles. The summed E-state index contributed by atoms with van der Waals surface area (Å²) in [5, 5.41) is -2.87. The van der Waals surface area contributed by atoms with Gasteiger partial charge in [0.25, 0.3) is 21.7 Å². The van der Waals surface area contributed by atoms with Crippen LogP contribution in [0.4, 0.5) is 18.9 Å². The Morgan fingerprint density at radius 1 is 0.837 bits per heavy atom. The highest BCUT2D eigenvalue weighted by Gasteiger charge is 2.52. The number of nitrogens with one attached hydrogen (secondary N) is 1.